The number of likely N-dealkylation sites (tertiary alicyclic amines) is 1. The molecule has 0 unspecified atom stereocenters. The Labute approximate surface area is 116 Å². The van der Waals surface area contributed by atoms with Crippen LogP contribution in [0.25, 0.3) is 0 Å². The zero-order chi connectivity index (χ0) is 14.1. The molecule has 0 N–H and O–H groups in total. The van der Waals surface area contributed by atoms with E-state index in [1.807, 2.05) is 4.90 Å². The minimum atomic E-state index is -0.239. The van der Waals surface area contributed by atoms with Crippen LogP contribution >= 0.6 is 0 Å². The van der Waals surface area contributed by atoms with Crippen molar-refractivity contribution in [2.45, 2.75) is 18.9 Å². The van der Waals surface area contributed by atoms with Crippen LogP contribution in [0, 0.1) is 11.3 Å². The molecule has 6 nitrogen and oxygen atoms in total. The van der Waals surface area contributed by atoms with Gasteiger partial charge in [-0.2, -0.15) is 5.26 Å². The normalized spacial score (nSPS) is 20.1. The first kappa shape index (κ1) is 12.8. The summed E-state index contributed by atoms with van der Waals surface area (Å²) >= 11 is 0. The van der Waals surface area contributed by atoms with Crippen LogP contribution in [0.2, 0.25) is 0 Å². The van der Waals surface area contributed by atoms with Crippen molar-refractivity contribution in [3.63, 3.8) is 0 Å². The van der Waals surface area contributed by atoms with Crippen molar-refractivity contribution in [2.75, 3.05) is 19.6 Å². The van der Waals surface area contributed by atoms with Crippen molar-refractivity contribution in [3.8, 4) is 6.07 Å². The number of hydrogen-bond acceptors (Lipinski definition) is 5. The third kappa shape index (κ3) is 1.96. The number of nitriles is 1. The number of piperidine rings is 1. The smallest absolute Gasteiger partial charge is 0.263 e. The molecule has 20 heavy (non-hydrogen) atoms. The van der Waals surface area contributed by atoms with Gasteiger partial charge in [-0.1, -0.05) is 0 Å². The van der Waals surface area contributed by atoms with Gasteiger partial charge < -0.3 is 0 Å². The average molecular weight is 270 g/mol. The first-order chi connectivity index (χ1) is 9.72. The predicted molar refractivity (Wildman–Crippen MR) is 69.8 cm³/mol. The number of carbonyl (C=O) groups is 2. The number of rotatable bonds is 2. The van der Waals surface area contributed by atoms with E-state index >= 15 is 0 Å². The standard InChI is InChI=1S/C14H14N4O2/c15-4-8-17-6-2-10(3-7-17)18-13(19)11-1-5-16-9-12(11)14(18)20/h1,5,9-10H,2-3,6-8H2. The summed E-state index contributed by atoms with van der Waals surface area (Å²) in [7, 11) is 0. The van der Waals surface area contributed by atoms with Gasteiger partial charge >= 0.3 is 0 Å². The molecule has 3 heterocycles. The number of carbonyl (C=O) groups excluding carboxylic acids is 2. The molecular formula is C14H14N4O2. The lowest BCUT2D eigenvalue weighted by Gasteiger charge is -2.34. The molecule has 0 spiro atoms. The summed E-state index contributed by atoms with van der Waals surface area (Å²) < 4.78 is 0. The third-order valence-corrected chi connectivity index (χ3v) is 3.94. The van der Waals surface area contributed by atoms with E-state index in [1.54, 1.807) is 6.07 Å². The van der Waals surface area contributed by atoms with Gasteiger partial charge in [-0.25, -0.2) is 0 Å². The minimum Gasteiger partial charge on any atom is -0.290 e. The summed E-state index contributed by atoms with van der Waals surface area (Å²) in [6, 6.07) is 3.65. The molecule has 0 aliphatic carbocycles. The van der Waals surface area contributed by atoms with E-state index in [0.29, 0.717) is 17.7 Å². The molecule has 0 atom stereocenters. The molecule has 0 saturated carbocycles. The lowest BCUT2D eigenvalue weighted by Crippen LogP contribution is -2.47. The lowest BCUT2D eigenvalue weighted by molar-refractivity contribution is 0.0510. The lowest BCUT2D eigenvalue weighted by atomic mass is 10.0. The number of nitrogens with zero attached hydrogens (tertiary/aromatic N) is 4. The van der Waals surface area contributed by atoms with Gasteiger partial charge in [-0.3, -0.25) is 24.4 Å². The molecule has 6 heteroatoms. The number of pyridine rings is 1. The minimum absolute atomic E-state index is 0.0719. The number of amides is 2. The van der Waals surface area contributed by atoms with Gasteiger partial charge in [0.15, 0.2) is 0 Å². The van der Waals surface area contributed by atoms with Crippen LogP contribution in [0.1, 0.15) is 33.6 Å². The highest BCUT2D eigenvalue weighted by Crippen LogP contribution is 2.27. The van der Waals surface area contributed by atoms with Crippen molar-refractivity contribution >= 4 is 11.8 Å². The quantitative estimate of drug-likeness (QED) is 0.583. The molecule has 3 rings (SSSR count). The van der Waals surface area contributed by atoms with Crippen LogP contribution in [0.4, 0.5) is 0 Å². The van der Waals surface area contributed by atoms with Gasteiger partial charge in [0, 0.05) is 31.5 Å². The molecule has 2 aliphatic heterocycles. The molecule has 0 bridgehead atoms. The zero-order valence-electron chi connectivity index (χ0n) is 11.0. The van der Waals surface area contributed by atoms with Crippen LogP contribution in [-0.2, 0) is 0 Å². The van der Waals surface area contributed by atoms with E-state index in [-0.39, 0.29) is 17.9 Å². The summed E-state index contributed by atoms with van der Waals surface area (Å²) in [5.74, 6) is -0.456. The largest absolute Gasteiger partial charge is 0.290 e. The van der Waals surface area contributed by atoms with E-state index in [9.17, 15) is 9.59 Å². The van der Waals surface area contributed by atoms with E-state index in [4.69, 9.17) is 5.26 Å². The summed E-state index contributed by atoms with van der Waals surface area (Å²) in [5.41, 5.74) is 0.849. The van der Waals surface area contributed by atoms with Gasteiger partial charge in [0.25, 0.3) is 11.8 Å². The van der Waals surface area contributed by atoms with E-state index in [0.717, 1.165) is 25.9 Å². The molecule has 1 fully saturated rings. The highest BCUT2D eigenvalue weighted by molar-refractivity contribution is 6.21. The molecule has 2 amide bonds. The fourth-order valence-electron chi connectivity index (χ4n) is 2.87. The van der Waals surface area contributed by atoms with Gasteiger partial charge in [-0.15, -0.1) is 0 Å². The monoisotopic (exact) mass is 270 g/mol. The number of imide groups is 1. The Bertz CT molecular complexity index is 564. The second-order valence-corrected chi connectivity index (χ2v) is 5.07. The van der Waals surface area contributed by atoms with Gasteiger partial charge in [0.05, 0.1) is 23.7 Å². The maximum Gasteiger partial charge on any atom is 0.263 e. The van der Waals surface area contributed by atoms with Crippen molar-refractivity contribution in [1.29, 1.82) is 5.26 Å². The van der Waals surface area contributed by atoms with Crippen LogP contribution in [0.15, 0.2) is 18.5 Å². The second-order valence-electron chi connectivity index (χ2n) is 5.07. The van der Waals surface area contributed by atoms with Crippen molar-refractivity contribution < 1.29 is 9.59 Å². The van der Waals surface area contributed by atoms with Gasteiger partial charge in [0.1, 0.15) is 0 Å². The molecule has 0 radical (unpaired) electrons. The summed E-state index contributed by atoms with van der Waals surface area (Å²) in [6.45, 7) is 1.88. The maximum atomic E-state index is 12.3. The number of fused-ring (bicyclic) bond motifs is 1. The molecule has 1 aromatic rings. The van der Waals surface area contributed by atoms with Crippen molar-refractivity contribution in [2.24, 2.45) is 0 Å². The number of hydrogen-bond donors (Lipinski definition) is 0. The maximum absolute atomic E-state index is 12.3. The highest BCUT2D eigenvalue weighted by atomic mass is 16.2. The predicted octanol–water partition coefficient (Wildman–Crippen LogP) is 0.666. The first-order valence-electron chi connectivity index (χ1n) is 6.63. The third-order valence-electron chi connectivity index (χ3n) is 3.94. The Morgan fingerprint density at radius 1 is 1.25 bits per heavy atom. The zero-order valence-corrected chi connectivity index (χ0v) is 11.0. The van der Waals surface area contributed by atoms with Crippen LogP contribution in [-0.4, -0.2) is 52.3 Å². The molecule has 1 saturated heterocycles. The SMILES string of the molecule is N#CCN1CCC(N2C(=O)c3ccncc3C2=O)CC1. The summed E-state index contributed by atoms with van der Waals surface area (Å²) in [5, 5.41) is 8.68. The molecular weight excluding hydrogens is 256 g/mol. The Balaban J connectivity index is 1.76. The Hall–Kier alpha value is -2.26. The Morgan fingerprint density at radius 2 is 1.95 bits per heavy atom. The number of aromatic nitrogens is 1. The van der Waals surface area contributed by atoms with Crippen molar-refractivity contribution in [1.82, 2.24) is 14.8 Å². The highest BCUT2D eigenvalue weighted by Gasteiger charge is 2.40. The van der Waals surface area contributed by atoms with Gasteiger partial charge in [-0.05, 0) is 18.9 Å². The fourth-order valence-corrected chi connectivity index (χ4v) is 2.87. The van der Waals surface area contributed by atoms with Crippen molar-refractivity contribution in [3.05, 3.63) is 29.6 Å². The Kier molecular flexibility index (Phi) is 3.20. The van der Waals surface area contributed by atoms with E-state index in [1.165, 1.54) is 17.3 Å². The first-order valence-corrected chi connectivity index (χ1v) is 6.63. The molecule has 2 aliphatic rings. The molecule has 1 aromatic heterocycles. The van der Waals surface area contributed by atoms with Crippen LogP contribution in [0.3, 0.4) is 0 Å². The summed E-state index contributed by atoms with van der Waals surface area (Å²) in [6.07, 6.45) is 4.44. The van der Waals surface area contributed by atoms with E-state index in [2.05, 4.69) is 11.1 Å². The average Bonchev–Trinajstić information content (AvgIpc) is 2.73. The molecule has 102 valence electrons. The fraction of sp³-hybridized carbons (Fsp3) is 0.429. The van der Waals surface area contributed by atoms with Crippen LogP contribution in [0.5, 0.6) is 0 Å². The van der Waals surface area contributed by atoms with E-state index < -0.39 is 0 Å². The van der Waals surface area contributed by atoms with Crippen LogP contribution < -0.4 is 0 Å². The second kappa shape index (κ2) is 5.02. The molecule has 0 aromatic carbocycles. The summed E-state index contributed by atoms with van der Waals surface area (Å²) in [4.78, 5) is 32.0. The Morgan fingerprint density at radius 3 is 2.60 bits per heavy atom. The van der Waals surface area contributed by atoms with Gasteiger partial charge in [0.2, 0.25) is 0 Å². The topological polar surface area (TPSA) is 77.3 Å².